The molecule has 0 saturated heterocycles. The van der Waals surface area contributed by atoms with Crippen LogP contribution in [0.25, 0.3) is 5.69 Å². The van der Waals surface area contributed by atoms with Gasteiger partial charge in [-0.3, -0.25) is 9.59 Å². The minimum atomic E-state index is -0.344. The summed E-state index contributed by atoms with van der Waals surface area (Å²) in [6.07, 6.45) is 1.45. The standard InChI is InChI=1S/C14H14N2O2/c1-3-11-4-6-12(7-5-11)16-10(2)8-14(18)13(9-17)15-16/h4-9H,3H2,1-2H3. The fourth-order valence-electron chi connectivity index (χ4n) is 1.78. The van der Waals surface area contributed by atoms with Crippen LogP contribution < -0.4 is 5.43 Å². The second-order valence-electron chi connectivity index (χ2n) is 4.08. The normalized spacial score (nSPS) is 10.3. The summed E-state index contributed by atoms with van der Waals surface area (Å²) in [7, 11) is 0. The molecule has 4 nitrogen and oxygen atoms in total. The lowest BCUT2D eigenvalue weighted by atomic mass is 10.1. The predicted molar refractivity (Wildman–Crippen MR) is 69.3 cm³/mol. The number of hydrogen-bond acceptors (Lipinski definition) is 3. The number of aryl methyl sites for hydroxylation is 2. The molecule has 0 N–H and O–H groups in total. The third-order valence-electron chi connectivity index (χ3n) is 2.84. The molecular formula is C14H14N2O2. The van der Waals surface area contributed by atoms with Crippen LogP contribution in [0.2, 0.25) is 0 Å². The fourth-order valence-corrected chi connectivity index (χ4v) is 1.78. The number of benzene rings is 1. The van der Waals surface area contributed by atoms with Crippen LogP contribution in [0.3, 0.4) is 0 Å². The Bertz CT molecular complexity index is 627. The Labute approximate surface area is 105 Å². The van der Waals surface area contributed by atoms with Crippen molar-refractivity contribution in [2.75, 3.05) is 0 Å². The van der Waals surface area contributed by atoms with E-state index in [0.29, 0.717) is 12.0 Å². The Kier molecular flexibility index (Phi) is 3.37. The lowest BCUT2D eigenvalue weighted by Gasteiger charge is -2.10. The van der Waals surface area contributed by atoms with E-state index in [1.165, 1.54) is 11.6 Å². The smallest absolute Gasteiger partial charge is 0.211 e. The van der Waals surface area contributed by atoms with Gasteiger partial charge in [-0.2, -0.15) is 5.10 Å². The van der Waals surface area contributed by atoms with Gasteiger partial charge in [-0.25, -0.2) is 4.68 Å². The molecule has 1 aromatic heterocycles. The molecule has 0 fully saturated rings. The van der Waals surface area contributed by atoms with E-state index < -0.39 is 0 Å². The number of aldehydes is 1. The van der Waals surface area contributed by atoms with Crippen LogP contribution in [0.5, 0.6) is 0 Å². The first kappa shape index (κ1) is 12.2. The molecular weight excluding hydrogens is 228 g/mol. The molecule has 0 aliphatic rings. The van der Waals surface area contributed by atoms with Crippen LogP contribution in [-0.2, 0) is 6.42 Å². The van der Waals surface area contributed by atoms with Gasteiger partial charge in [-0.1, -0.05) is 19.1 Å². The molecule has 0 aliphatic heterocycles. The molecule has 18 heavy (non-hydrogen) atoms. The molecule has 2 aromatic rings. The van der Waals surface area contributed by atoms with Gasteiger partial charge in [-0.15, -0.1) is 0 Å². The second kappa shape index (κ2) is 4.96. The number of aromatic nitrogens is 2. The molecule has 2 rings (SSSR count). The summed E-state index contributed by atoms with van der Waals surface area (Å²) in [5.74, 6) is 0. The SMILES string of the molecule is CCc1ccc(-n2nc(C=O)c(=O)cc2C)cc1. The Morgan fingerprint density at radius 2 is 1.94 bits per heavy atom. The summed E-state index contributed by atoms with van der Waals surface area (Å²) < 4.78 is 1.60. The van der Waals surface area contributed by atoms with Crippen molar-refractivity contribution in [3.05, 3.63) is 57.5 Å². The van der Waals surface area contributed by atoms with E-state index in [2.05, 4.69) is 12.0 Å². The summed E-state index contributed by atoms with van der Waals surface area (Å²) in [4.78, 5) is 22.2. The van der Waals surface area contributed by atoms with E-state index in [4.69, 9.17) is 0 Å². The van der Waals surface area contributed by atoms with Gasteiger partial charge >= 0.3 is 0 Å². The number of hydrogen-bond donors (Lipinski definition) is 0. The van der Waals surface area contributed by atoms with Crippen molar-refractivity contribution in [3.8, 4) is 5.69 Å². The molecule has 0 amide bonds. The minimum absolute atomic E-state index is 0.0693. The molecule has 4 heteroatoms. The van der Waals surface area contributed by atoms with E-state index in [1.807, 2.05) is 24.3 Å². The Balaban J connectivity index is 2.55. The maximum atomic E-state index is 11.4. The van der Waals surface area contributed by atoms with Crippen molar-refractivity contribution in [1.82, 2.24) is 9.78 Å². The molecule has 1 aromatic carbocycles. The van der Waals surface area contributed by atoms with Crippen LogP contribution in [-0.4, -0.2) is 16.1 Å². The zero-order valence-corrected chi connectivity index (χ0v) is 10.4. The molecule has 0 aliphatic carbocycles. The fraction of sp³-hybridized carbons (Fsp3) is 0.214. The predicted octanol–water partition coefficient (Wildman–Crippen LogP) is 1.92. The summed E-state index contributed by atoms with van der Waals surface area (Å²) in [6.45, 7) is 3.87. The van der Waals surface area contributed by atoms with Crippen molar-refractivity contribution >= 4 is 6.29 Å². The van der Waals surface area contributed by atoms with Gasteiger partial charge in [0.2, 0.25) is 5.43 Å². The zero-order chi connectivity index (χ0) is 13.1. The molecule has 0 spiro atoms. The summed E-state index contributed by atoms with van der Waals surface area (Å²) >= 11 is 0. The largest absolute Gasteiger partial charge is 0.296 e. The lowest BCUT2D eigenvalue weighted by Crippen LogP contribution is -2.18. The van der Waals surface area contributed by atoms with Gasteiger partial charge in [0.15, 0.2) is 12.0 Å². The highest BCUT2D eigenvalue weighted by Crippen LogP contribution is 2.10. The van der Waals surface area contributed by atoms with Crippen LogP contribution >= 0.6 is 0 Å². The maximum Gasteiger partial charge on any atom is 0.211 e. The average molecular weight is 242 g/mol. The van der Waals surface area contributed by atoms with Gasteiger partial charge in [0.1, 0.15) is 0 Å². The molecule has 92 valence electrons. The summed E-state index contributed by atoms with van der Waals surface area (Å²) in [5.41, 5.74) is 2.36. The van der Waals surface area contributed by atoms with Crippen LogP contribution in [0.1, 0.15) is 28.7 Å². The van der Waals surface area contributed by atoms with Gasteiger partial charge < -0.3 is 0 Å². The van der Waals surface area contributed by atoms with Crippen molar-refractivity contribution in [1.29, 1.82) is 0 Å². The van der Waals surface area contributed by atoms with Gasteiger partial charge in [0, 0.05) is 11.8 Å². The first-order valence-electron chi connectivity index (χ1n) is 5.81. The van der Waals surface area contributed by atoms with Crippen LogP contribution in [0.4, 0.5) is 0 Å². The third kappa shape index (κ3) is 2.22. The van der Waals surface area contributed by atoms with Crippen LogP contribution in [0, 0.1) is 6.92 Å². The molecule has 1 heterocycles. The monoisotopic (exact) mass is 242 g/mol. The summed E-state index contributed by atoms with van der Waals surface area (Å²) in [5, 5.41) is 4.05. The van der Waals surface area contributed by atoms with Crippen molar-refractivity contribution < 1.29 is 4.79 Å². The number of carbonyl (C=O) groups is 1. The molecule has 0 radical (unpaired) electrons. The zero-order valence-electron chi connectivity index (χ0n) is 10.4. The first-order valence-corrected chi connectivity index (χ1v) is 5.81. The van der Waals surface area contributed by atoms with Crippen molar-refractivity contribution in [2.45, 2.75) is 20.3 Å². The molecule has 0 unspecified atom stereocenters. The summed E-state index contributed by atoms with van der Waals surface area (Å²) in [6, 6.07) is 9.30. The Morgan fingerprint density at radius 3 is 2.50 bits per heavy atom. The molecule has 0 bridgehead atoms. The topological polar surface area (TPSA) is 52.0 Å². The van der Waals surface area contributed by atoms with Crippen molar-refractivity contribution in [2.24, 2.45) is 0 Å². The van der Waals surface area contributed by atoms with Gasteiger partial charge in [0.25, 0.3) is 0 Å². The van der Waals surface area contributed by atoms with Crippen LogP contribution in [0.15, 0.2) is 35.1 Å². The van der Waals surface area contributed by atoms with E-state index >= 15 is 0 Å². The van der Waals surface area contributed by atoms with E-state index in [1.54, 1.807) is 11.6 Å². The quantitative estimate of drug-likeness (QED) is 0.773. The highest BCUT2D eigenvalue weighted by molar-refractivity contribution is 5.71. The van der Waals surface area contributed by atoms with Gasteiger partial charge in [-0.05, 0) is 31.0 Å². The number of nitrogens with zero attached hydrogens (tertiary/aromatic N) is 2. The number of carbonyl (C=O) groups excluding carboxylic acids is 1. The third-order valence-corrected chi connectivity index (χ3v) is 2.84. The van der Waals surface area contributed by atoms with Gasteiger partial charge in [0.05, 0.1) is 5.69 Å². The highest BCUT2D eigenvalue weighted by atomic mass is 16.1. The minimum Gasteiger partial charge on any atom is -0.296 e. The average Bonchev–Trinajstić information content (AvgIpc) is 2.39. The maximum absolute atomic E-state index is 11.4. The Hall–Kier alpha value is -2.23. The number of rotatable bonds is 3. The molecule has 0 atom stereocenters. The van der Waals surface area contributed by atoms with E-state index in [-0.39, 0.29) is 11.1 Å². The lowest BCUT2D eigenvalue weighted by molar-refractivity contribution is 0.111. The second-order valence-corrected chi connectivity index (χ2v) is 4.08. The first-order chi connectivity index (χ1) is 8.65. The van der Waals surface area contributed by atoms with Crippen molar-refractivity contribution in [3.63, 3.8) is 0 Å². The van der Waals surface area contributed by atoms with E-state index in [9.17, 15) is 9.59 Å². The van der Waals surface area contributed by atoms with E-state index in [0.717, 1.165) is 12.1 Å². The highest BCUT2D eigenvalue weighted by Gasteiger charge is 2.06. The molecule has 0 saturated carbocycles. The Morgan fingerprint density at radius 1 is 1.28 bits per heavy atom.